The summed E-state index contributed by atoms with van der Waals surface area (Å²) in [5.41, 5.74) is 9.40. The number of hydrogen-bond acceptors (Lipinski definition) is 0. The summed E-state index contributed by atoms with van der Waals surface area (Å²) in [6, 6.07) is 28.2. The molecule has 0 saturated heterocycles. The third-order valence-corrected chi connectivity index (χ3v) is 8.95. The van der Waals surface area contributed by atoms with Crippen LogP contribution in [-0.4, -0.2) is 0 Å². The Hall–Kier alpha value is -2.34. The molecule has 3 aromatic rings. The molecule has 8 rings (SSSR count). The molecule has 5 aliphatic rings. The predicted octanol–water partition coefficient (Wildman–Crippen LogP) is 7.00. The molecule has 0 heteroatoms. The molecule has 0 radical (unpaired) electrons. The lowest BCUT2D eigenvalue weighted by Crippen LogP contribution is -2.56. The van der Waals surface area contributed by atoms with Gasteiger partial charge in [-0.3, -0.25) is 0 Å². The Kier molecular flexibility index (Phi) is 3.32. The summed E-state index contributed by atoms with van der Waals surface area (Å²) in [6.07, 6.45) is 8.39. The summed E-state index contributed by atoms with van der Waals surface area (Å²) in [7, 11) is 0. The maximum Gasteiger partial charge on any atom is 0.0259 e. The minimum Gasteiger partial charge on any atom is -0.0622 e. The first-order valence-electron chi connectivity index (χ1n) is 11.6. The van der Waals surface area contributed by atoms with E-state index in [1.54, 1.807) is 16.7 Å². The van der Waals surface area contributed by atoms with Crippen molar-refractivity contribution < 1.29 is 0 Å². The van der Waals surface area contributed by atoms with E-state index < -0.39 is 0 Å². The molecule has 0 spiro atoms. The van der Waals surface area contributed by atoms with Gasteiger partial charge in [-0.2, -0.15) is 0 Å². The fourth-order valence-electron chi connectivity index (χ4n) is 8.15. The second-order valence-electron chi connectivity index (χ2n) is 10.2. The molecule has 0 N–H and O–H groups in total. The summed E-state index contributed by atoms with van der Waals surface area (Å²) in [4.78, 5) is 0. The minimum atomic E-state index is 0.235. The van der Waals surface area contributed by atoms with Crippen LogP contribution in [0.15, 0.2) is 72.8 Å². The van der Waals surface area contributed by atoms with Crippen LogP contribution < -0.4 is 0 Å². The van der Waals surface area contributed by atoms with E-state index in [0.29, 0.717) is 0 Å². The van der Waals surface area contributed by atoms with Crippen molar-refractivity contribution in [1.82, 2.24) is 0 Å². The van der Waals surface area contributed by atoms with E-state index in [1.165, 1.54) is 48.8 Å². The van der Waals surface area contributed by atoms with Crippen LogP contribution in [0.5, 0.6) is 0 Å². The van der Waals surface area contributed by atoms with E-state index in [9.17, 15) is 0 Å². The highest BCUT2D eigenvalue weighted by molar-refractivity contribution is 5.77. The third kappa shape index (κ3) is 2.15. The lowest BCUT2D eigenvalue weighted by molar-refractivity contribution is -0.0418. The molecule has 0 aliphatic heterocycles. The van der Waals surface area contributed by atoms with Crippen LogP contribution in [0.4, 0.5) is 0 Å². The van der Waals surface area contributed by atoms with Gasteiger partial charge in [0.15, 0.2) is 0 Å². The third-order valence-electron chi connectivity index (χ3n) is 8.95. The highest BCUT2D eigenvalue weighted by atomic mass is 14.6. The zero-order valence-electron chi connectivity index (χ0n) is 17.0. The molecule has 0 unspecified atom stereocenters. The summed E-state index contributed by atoms with van der Waals surface area (Å²) >= 11 is 0. The topological polar surface area (TPSA) is 0 Å². The Balaban J connectivity index is 1.43. The molecule has 4 saturated carbocycles. The van der Waals surface area contributed by atoms with Gasteiger partial charge in [-0.25, -0.2) is 0 Å². The molecule has 29 heavy (non-hydrogen) atoms. The summed E-state index contributed by atoms with van der Waals surface area (Å²) < 4.78 is 0. The van der Waals surface area contributed by atoms with Gasteiger partial charge in [-0.1, -0.05) is 72.8 Å². The molecule has 3 aromatic carbocycles. The van der Waals surface area contributed by atoms with Gasteiger partial charge in [-0.05, 0) is 95.6 Å². The number of hydrogen-bond donors (Lipinski definition) is 0. The lowest BCUT2D eigenvalue weighted by Gasteiger charge is -2.62. The molecular formula is C29H28. The Morgan fingerprint density at radius 2 is 1.21 bits per heavy atom. The lowest BCUT2D eigenvalue weighted by atomic mass is 9.42. The van der Waals surface area contributed by atoms with Gasteiger partial charge in [0.05, 0.1) is 0 Å². The second-order valence-corrected chi connectivity index (χ2v) is 10.2. The highest BCUT2D eigenvalue weighted by Crippen LogP contribution is 2.65. The van der Waals surface area contributed by atoms with Gasteiger partial charge >= 0.3 is 0 Å². The normalized spacial score (nSPS) is 33.5. The van der Waals surface area contributed by atoms with Gasteiger partial charge in [0.2, 0.25) is 0 Å². The van der Waals surface area contributed by atoms with E-state index in [-0.39, 0.29) is 5.41 Å². The van der Waals surface area contributed by atoms with Crippen molar-refractivity contribution in [2.45, 2.75) is 43.9 Å². The van der Waals surface area contributed by atoms with Gasteiger partial charge in [0, 0.05) is 5.41 Å². The molecule has 4 fully saturated rings. The van der Waals surface area contributed by atoms with Crippen molar-refractivity contribution in [3.8, 4) is 11.1 Å². The Morgan fingerprint density at radius 1 is 0.552 bits per heavy atom. The maximum absolute atomic E-state index is 2.62. The average molecular weight is 377 g/mol. The van der Waals surface area contributed by atoms with Crippen LogP contribution in [-0.2, 0) is 11.8 Å². The van der Waals surface area contributed by atoms with Crippen LogP contribution in [0.25, 0.3) is 11.1 Å². The molecule has 0 aromatic heterocycles. The summed E-state index contributed by atoms with van der Waals surface area (Å²) in [5.74, 6) is 3.63. The molecule has 0 amide bonds. The average Bonchev–Trinajstić information content (AvgIpc) is 3.12. The van der Waals surface area contributed by atoms with E-state index >= 15 is 0 Å². The Morgan fingerprint density at radius 3 is 1.97 bits per heavy atom. The van der Waals surface area contributed by atoms with Crippen LogP contribution >= 0.6 is 0 Å². The largest absolute Gasteiger partial charge is 0.0622 e. The zero-order chi connectivity index (χ0) is 19.0. The molecule has 144 valence electrons. The van der Waals surface area contributed by atoms with E-state index in [4.69, 9.17) is 0 Å². The quantitative estimate of drug-likeness (QED) is 0.353. The molecule has 0 nitrogen and oxygen atoms in total. The van der Waals surface area contributed by atoms with Gasteiger partial charge in [0.1, 0.15) is 0 Å². The SMILES string of the molecule is c1ccc(C2(c3ccc4c(c3)Cc3ccccc3-4)C3CC4CC(C3)CC2C4)cc1. The van der Waals surface area contributed by atoms with Crippen molar-refractivity contribution in [3.05, 3.63) is 95.1 Å². The molecule has 5 aliphatic carbocycles. The van der Waals surface area contributed by atoms with Crippen molar-refractivity contribution >= 4 is 0 Å². The smallest absolute Gasteiger partial charge is 0.0259 e. The predicted molar refractivity (Wildman–Crippen MR) is 119 cm³/mol. The fourth-order valence-corrected chi connectivity index (χ4v) is 8.15. The van der Waals surface area contributed by atoms with Gasteiger partial charge in [-0.15, -0.1) is 0 Å². The Bertz CT molecular complexity index is 1060. The first kappa shape index (κ1) is 16.5. The molecule has 4 bridgehead atoms. The van der Waals surface area contributed by atoms with Crippen molar-refractivity contribution in [2.75, 3.05) is 0 Å². The van der Waals surface area contributed by atoms with Crippen molar-refractivity contribution in [2.24, 2.45) is 23.7 Å². The van der Waals surface area contributed by atoms with E-state index in [1.807, 2.05) is 0 Å². The van der Waals surface area contributed by atoms with Crippen LogP contribution in [0.3, 0.4) is 0 Å². The maximum atomic E-state index is 2.62. The number of benzene rings is 3. The van der Waals surface area contributed by atoms with Crippen molar-refractivity contribution in [3.63, 3.8) is 0 Å². The first-order chi connectivity index (χ1) is 14.3. The number of fused-ring (bicyclic) bond motifs is 3. The Labute approximate surface area is 174 Å². The van der Waals surface area contributed by atoms with Gasteiger partial charge in [0.25, 0.3) is 0 Å². The first-order valence-corrected chi connectivity index (χ1v) is 11.6. The highest BCUT2D eigenvalue weighted by Gasteiger charge is 2.58. The summed E-state index contributed by atoms with van der Waals surface area (Å²) in [5, 5.41) is 0. The van der Waals surface area contributed by atoms with Gasteiger partial charge < -0.3 is 0 Å². The van der Waals surface area contributed by atoms with E-state index in [2.05, 4.69) is 72.8 Å². The molecule has 0 atom stereocenters. The fraction of sp³-hybridized carbons (Fsp3) is 0.379. The second kappa shape index (κ2) is 5.85. The standard InChI is InChI=1S/C29H28/c1-2-7-23(8-3-1)29(25-13-19-12-20(15-25)16-26(29)14-19)24-10-11-28-22(18-24)17-21-6-4-5-9-27(21)28/h1-11,18-20,25-26H,12-17H2. The molecule has 0 heterocycles. The van der Waals surface area contributed by atoms with Crippen molar-refractivity contribution in [1.29, 1.82) is 0 Å². The van der Waals surface area contributed by atoms with Crippen LogP contribution in [0, 0.1) is 23.7 Å². The van der Waals surface area contributed by atoms with E-state index in [0.717, 1.165) is 30.1 Å². The summed E-state index contributed by atoms with van der Waals surface area (Å²) in [6.45, 7) is 0. The zero-order valence-corrected chi connectivity index (χ0v) is 17.0. The minimum absolute atomic E-state index is 0.235. The van der Waals surface area contributed by atoms with Crippen LogP contribution in [0.1, 0.15) is 54.4 Å². The van der Waals surface area contributed by atoms with Crippen LogP contribution in [0.2, 0.25) is 0 Å². The molecular weight excluding hydrogens is 348 g/mol. The number of rotatable bonds is 2. The monoisotopic (exact) mass is 376 g/mol.